The van der Waals surface area contributed by atoms with Crippen LogP contribution in [0.15, 0.2) is 12.1 Å². The number of hydrogen-bond acceptors (Lipinski definition) is 4. The lowest BCUT2D eigenvalue weighted by atomic mass is 9.86. The predicted octanol–water partition coefficient (Wildman–Crippen LogP) is 2.39. The SMILES string of the molecule is CC(C)(C)c1cc(I)c(OS(C)(=O)=O)c(CN)c1. The second-order valence-electron chi connectivity index (χ2n) is 5.19. The highest BCUT2D eigenvalue weighted by molar-refractivity contribution is 14.1. The van der Waals surface area contributed by atoms with Crippen molar-refractivity contribution < 1.29 is 12.6 Å². The van der Waals surface area contributed by atoms with Gasteiger partial charge in [0.25, 0.3) is 0 Å². The van der Waals surface area contributed by atoms with Crippen LogP contribution in [0.2, 0.25) is 0 Å². The largest absolute Gasteiger partial charge is 0.381 e. The van der Waals surface area contributed by atoms with Gasteiger partial charge in [-0.15, -0.1) is 0 Å². The Morgan fingerprint density at radius 3 is 2.28 bits per heavy atom. The molecule has 1 rings (SSSR count). The quantitative estimate of drug-likeness (QED) is 0.643. The molecule has 6 heteroatoms. The lowest BCUT2D eigenvalue weighted by molar-refractivity contribution is 0.487. The topological polar surface area (TPSA) is 69.4 Å². The molecule has 0 saturated carbocycles. The van der Waals surface area contributed by atoms with E-state index in [0.717, 1.165) is 15.4 Å². The maximum Gasteiger partial charge on any atom is 0.306 e. The molecule has 0 fully saturated rings. The highest BCUT2D eigenvalue weighted by Gasteiger charge is 2.20. The van der Waals surface area contributed by atoms with E-state index >= 15 is 0 Å². The molecule has 0 aliphatic rings. The van der Waals surface area contributed by atoms with E-state index in [1.54, 1.807) is 0 Å². The molecule has 0 amide bonds. The van der Waals surface area contributed by atoms with Gasteiger partial charge in [-0.1, -0.05) is 26.8 Å². The molecule has 1 aromatic rings. The maximum absolute atomic E-state index is 11.2. The van der Waals surface area contributed by atoms with Crippen molar-refractivity contribution >= 4 is 32.7 Å². The van der Waals surface area contributed by atoms with Crippen molar-refractivity contribution in [3.05, 3.63) is 26.8 Å². The second kappa shape index (κ2) is 5.34. The van der Waals surface area contributed by atoms with Crippen LogP contribution in [-0.2, 0) is 22.1 Å². The van der Waals surface area contributed by atoms with Crippen LogP contribution in [0.5, 0.6) is 5.75 Å². The number of hydrogen-bond donors (Lipinski definition) is 1. The van der Waals surface area contributed by atoms with Gasteiger partial charge in [-0.25, -0.2) is 0 Å². The molecule has 102 valence electrons. The third-order valence-corrected chi connectivity index (χ3v) is 3.71. The summed E-state index contributed by atoms with van der Waals surface area (Å²) in [6.07, 6.45) is 1.03. The monoisotopic (exact) mass is 383 g/mol. The molecule has 0 atom stereocenters. The summed E-state index contributed by atoms with van der Waals surface area (Å²) in [7, 11) is -3.54. The number of rotatable bonds is 3. The fourth-order valence-corrected chi connectivity index (χ4v) is 2.92. The van der Waals surface area contributed by atoms with Gasteiger partial charge in [-0.3, -0.25) is 0 Å². The molecule has 0 bridgehead atoms. The second-order valence-corrected chi connectivity index (χ2v) is 7.93. The zero-order chi connectivity index (χ0) is 14.1. The van der Waals surface area contributed by atoms with Gasteiger partial charge >= 0.3 is 10.1 Å². The van der Waals surface area contributed by atoms with Crippen molar-refractivity contribution in [2.45, 2.75) is 32.7 Å². The van der Waals surface area contributed by atoms with Gasteiger partial charge in [0.15, 0.2) is 5.75 Å². The highest BCUT2D eigenvalue weighted by atomic mass is 127. The Morgan fingerprint density at radius 1 is 1.33 bits per heavy atom. The zero-order valence-corrected chi connectivity index (χ0v) is 13.9. The van der Waals surface area contributed by atoms with Crippen LogP contribution in [-0.4, -0.2) is 14.7 Å². The van der Waals surface area contributed by atoms with E-state index in [-0.39, 0.29) is 12.0 Å². The summed E-state index contributed by atoms with van der Waals surface area (Å²) >= 11 is 2.07. The van der Waals surface area contributed by atoms with E-state index in [4.69, 9.17) is 9.92 Å². The lowest BCUT2D eigenvalue weighted by Gasteiger charge is -2.22. The van der Waals surface area contributed by atoms with Crippen molar-refractivity contribution in [3.8, 4) is 5.75 Å². The predicted molar refractivity (Wildman–Crippen MR) is 81.2 cm³/mol. The third-order valence-electron chi connectivity index (χ3n) is 2.44. The fourth-order valence-electron chi connectivity index (χ4n) is 1.48. The minimum Gasteiger partial charge on any atom is -0.381 e. The Kier molecular flexibility index (Phi) is 4.66. The summed E-state index contributed by atoms with van der Waals surface area (Å²) in [5.74, 6) is 0.341. The van der Waals surface area contributed by atoms with Crippen molar-refractivity contribution in [1.29, 1.82) is 0 Å². The summed E-state index contributed by atoms with van der Waals surface area (Å²) in [5, 5.41) is 0. The first-order valence-corrected chi connectivity index (χ1v) is 8.36. The molecule has 0 aliphatic carbocycles. The Morgan fingerprint density at radius 2 is 1.89 bits per heavy atom. The van der Waals surface area contributed by atoms with E-state index < -0.39 is 10.1 Å². The van der Waals surface area contributed by atoms with Crippen LogP contribution < -0.4 is 9.92 Å². The van der Waals surface area contributed by atoms with E-state index in [2.05, 4.69) is 43.4 Å². The lowest BCUT2D eigenvalue weighted by Crippen LogP contribution is -2.15. The van der Waals surface area contributed by atoms with E-state index in [0.29, 0.717) is 11.3 Å². The molecule has 0 aliphatic heterocycles. The van der Waals surface area contributed by atoms with Crippen LogP contribution in [0, 0.1) is 3.57 Å². The molecule has 0 heterocycles. The van der Waals surface area contributed by atoms with Crippen molar-refractivity contribution in [1.82, 2.24) is 0 Å². The molecule has 0 saturated heterocycles. The molecular formula is C12H18INO3S. The van der Waals surface area contributed by atoms with E-state index in [1.165, 1.54) is 0 Å². The summed E-state index contributed by atoms with van der Waals surface area (Å²) in [6, 6.07) is 3.84. The molecule has 0 radical (unpaired) electrons. The molecule has 2 N–H and O–H groups in total. The van der Waals surface area contributed by atoms with Crippen LogP contribution in [0.4, 0.5) is 0 Å². The Balaban J connectivity index is 3.38. The van der Waals surface area contributed by atoms with Gasteiger partial charge in [0, 0.05) is 12.1 Å². The number of halogens is 1. The fraction of sp³-hybridized carbons (Fsp3) is 0.500. The van der Waals surface area contributed by atoms with Crippen LogP contribution in [0.25, 0.3) is 0 Å². The minimum atomic E-state index is -3.54. The molecule has 1 aromatic carbocycles. The first-order valence-electron chi connectivity index (χ1n) is 5.47. The van der Waals surface area contributed by atoms with Crippen molar-refractivity contribution in [2.75, 3.05) is 6.26 Å². The van der Waals surface area contributed by atoms with Crippen LogP contribution in [0.3, 0.4) is 0 Å². The zero-order valence-electron chi connectivity index (χ0n) is 11.0. The van der Waals surface area contributed by atoms with Crippen molar-refractivity contribution in [2.24, 2.45) is 5.73 Å². The average molecular weight is 383 g/mol. The van der Waals surface area contributed by atoms with Crippen LogP contribution in [0.1, 0.15) is 31.9 Å². The van der Waals surface area contributed by atoms with Gasteiger partial charge in [0.2, 0.25) is 0 Å². The Labute approximate surface area is 122 Å². The third kappa shape index (κ3) is 4.10. The highest BCUT2D eigenvalue weighted by Crippen LogP contribution is 2.33. The van der Waals surface area contributed by atoms with Crippen LogP contribution >= 0.6 is 22.6 Å². The van der Waals surface area contributed by atoms with E-state index in [1.807, 2.05) is 12.1 Å². The summed E-state index contributed by atoms with van der Waals surface area (Å²) in [5.41, 5.74) is 7.46. The molecule has 0 aromatic heterocycles. The molecule has 4 nitrogen and oxygen atoms in total. The Bertz CT molecular complexity index is 547. The van der Waals surface area contributed by atoms with Gasteiger partial charge in [-0.2, -0.15) is 8.42 Å². The van der Waals surface area contributed by atoms with Crippen molar-refractivity contribution in [3.63, 3.8) is 0 Å². The normalized spacial score (nSPS) is 12.6. The maximum atomic E-state index is 11.2. The summed E-state index contributed by atoms with van der Waals surface area (Å²) in [6.45, 7) is 6.52. The molecule has 0 unspecified atom stereocenters. The molecule has 0 spiro atoms. The van der Waals surface area contributed by atoms with E-state index in [9.17, 15) is 8.42 Å². The number of benzene rings is 1. The van der Waals surface area contributed by atoms with Gasteiger partial charge in [0.1, 0.15) is 0 Å². The first kappa shape index (κ1) is 15.7. The summed E-state index contributed by atoms with van der Waals surface area (Å²) in [4.78, 5) is 0. The smallest absolute Gasteiger partial charge is 0.306 e. The average Bonchev–Trinajstić information content (AvgIpc) is 2.17. The van der Waals surface area contributed by atoms with Gasteiger partial charge in [-0.05, 0) is 39.6 Å². The van der Waals surface area contributed by atoms with Gasteiger partial charge < -0.3 is 9.92 Å². The number of nitrogens with two attached hydrogens (primary N) is 1. The minimum absolute atomic E-state index is 0.0204. The first-order chi connectivity index (χ1) is 8.04. The molecular weight excluding hydrogens is 365 g/mol. The Hall–Kier alpha value is -0.340. The van der Waals surface area contributed by atoms with Gasteiger partial charge in [0.05, 0.1) is 9.83 Å². The standard InChI is InChI=1S/C12H18INO3S/c1-12(2,3)9-5-8(7-14)11(10(13)6-9)17-18(4,15)16/h5-6H,7,14H2,1-4H3. The molecule has 18 heavy (non-hydrogen) atoms. The summed E-state index contributed by atoms with van der Waals surface area (Å²) < 4.78 is 28.2.